The van der Waals surface area contributed by atoms with Crippen molar-refractivity contribution in [2.24, 2.45) is 0 Å². The molecule has 6 heteroatoms. The first-order valence-electron chi connectivity index (χ1n) is 6.66. The van der Waals surface area contributed by atoms with Crippen LogP contribution in [0.25, 0.3) is 0 Å². The normalized spacial score (nSPS) is 19.4. The van der Waals surface area contributed by atoms with E-state index in [0.29, 0.717) is 19.6 Å². The number of rotatable bonds is 5. The standard InChI is InChI=1S/C13H21N3O3/c1-9-12(10(2)19-16-9)3-4-15-13(17)7-11-8-18-6-5-14-11/h11,14H,3-8H2,1-2H3,(H,15,17). The van der Waals surface area contributed by atoms with E-state index < -0.39 is 0 Å². The average Bonchev–Trinajstić information content (AvgIpc) is 2.71. The molecule has 2 heterocycles. The summed E-state index contributed by atoms with van der Waals surface area (Å²) in [7, 11) is 0. The van der Waals surface area contributed by atoms with Gasteiger partial charge in [0.2, 0.25) is 5.91 Å². The predicted octanol–water partition coefficient (Wildman–Crippen LogP) is 0.329. The van der Waals surface area contributed by atoms with Gasteiger partial charge >= 0.3 is 0 Å². The van der Waals surface area contributed by atoms with E-state index in [4.69, 9.17) is 9.26 Å². The maximum atomic E-state index is 11.8. The van der Waals surface area contributed by atoms with E-state index in [2.05, 4.69) is 15.8 Å². The van der Waals surface area contributed by atoms with Crippen molar-refractivity contribution in [1.82, 2.24) is 15.8 Å². The number of carbonyl (C=O) groups is 1. The van der Waals surface area contributed by atoms with E-state index in [1.807, 2.05) is 13.8 Å². The predicted molar refractivity (Wildman–Crippen MR) is 69.9 cm³/mol. The van der Waals surface area contributed by atoms with Gasteiger partial charge in [-0.25, -0.2) is 0 Å². The third-order valence-electron chi connectivity index (χ3n) is 3.31. The Morgan fingerprint density at radius 1 is 1.53 bits per heavy atom. The number of carbonyl (C=O) groups excluding carboxylic acids is 1. The molecule has 1 saturated heterocycles. The first-order valence-corrected chi connectivity index (χ1v) is 6.66. The second-order valence-electron chi connectivity index (χ2n) is 4.83. The molecule has 1 amide bonds. The SMILES string of the molecule is Cc1noc(C)c1CCNC(=O)CC1COCCN1. The fourth-order valence-corrected chi connectivity index (χ4v) is 2.23. The quantitative estimate of drug-likeness (QED) is 0.804. The van der Waals surface area contributed by atoms with Gasteiger partial charge in [-0.1, -0.05) is 5.16 Å². The van der Waals surface area contributed by atoms with Gasteiger partial charge in [-0.2, -0.15) is 0 Å². The number of nitrogens with zero attached hydrogens (tertiary/aromatic N) is 1. The fourth-order valence-electron chi connectivity index (χ4n) is 2.23. The van der Waals surface area contributed by atoms with Gasteiger partial charge in [-0.15, -0.1) is 0 Å². The molecule has 1 atom stereocenters. The summed E-state index contributed by atoms with van der Waals surface area (Å²) in [5.41, 5.74) is 1.98. The molecule has 0 aliphatic carbocycles. The summed E-state index contributed by atoms with van der Waals surface area (Å²) >= 11 is 0. The Labute approximate surface area is 112 Å². The number of aryl methyl sites for hydroxylation is 2. The molecule has 1 unspecified atom stereocenters. The first-order chi connectivity index (χ1) is 9.16. The fraction of sp³-hybridized carbons (Fsp3) is 0.692. The maximum Gasteiger partial charge on any atom is 0.221 e. The van der Waals surface area contributed by atoms with Crippen molar-refractivity contribution in [3.05, 3.63) is 17.0 Å². The van der Waals surface area contributed by atoms with Gasteiger partial charge < -0.3 is 19.9 Å². The molecule has 6 nitrogen and oxygen atoms in total. The summed E-state index contributed by atoms with van der Waals surface area (Å²) in [6, 6.07) is 0.132. The van der Waals surface area contributed by atoms with Crippen LogP contribution >= 0.6 is 0 Å². The number of morpholine rings is 1. The van der Waals surface area contributed by atoms with Crippen molar-refractivity contribution >= 4 is 5.91 Å². The molecular formula is C13H21N3O3. The molecule has 2 N–H and O–H groups in total. The van der Waals surface area contributed by atoms with Gasteiger partial charge in [0.1, 0.15) is 5.76 Å². The first kappa shape index (κ1) is 14.0. The molecule has 1 aliphatic heterocycles. The number of ether oxygens (including phenoxy) is 1. The molecule has 0 radical (unpaired) electrons. The van der Waals surface area contributed by atoms with Crippen molar-refractivity contribution in [2.45, 2.75) is 32.7 Å². The van der Waals surface area contributed by atoms with Gasteiger partial charge in [-0.3, -0.25) is 4.79 Å². The summed E-state index contributed by atoms with van der Waals surface area (Å²) in [6.45, 7) is 6.56. The molecule has 0 spiro atoms. The van der Waals surface area contributed by atoms with E-state index in [1.165, 1.54) is 0 Å². The highest BCUT2D eigenvalue weighted by Gasteiger charge is 2.16. The second kappa shape index (κ2) is 6.68. The number of amides is 1. The summed E-state index contributed by atoms with van der Waals surface area (Å²) in [6.07, 6.45) is 1.21. The second-order valence-corrected chi connectivity index (χ2v) is 4.83. The van der Waals surface area contributed by atoms with Crippen LogP contribution in [0.3, 0.4) is 0 Å². The smallest absolute Gasteiger partial charge is 0.221 e. The Balaban J connectivity index is 1.69. The molecule has 106 valence electrons. The monoisotopic (exact) mass is 267 g/mol. The van der Waals surface area contributed by atoms with Crippen LogP contribution in [0.2, 0.25) is 0 Å². The van der Waals surface area contributed by atoms with Crippen molar-refractivity contribution < 1.29 is 14.1 Å². The zero-order valence-corrected chi connectivity index (χ0v) is 11.5. The van der Waals surface area contributed by atoms with Crippen molar-refractivity contribution in [1.29, 1.82) is 0 Å². The molecule has 0 aromatic carbocycles. The van der Waals surface area contributed by atoms with Crippen LogP contribution in [0, 0.1) is 13.8 Å². The van der Waals surface area contributed by atoms with Crippen LogP contribution < -0.4 is 10.6 Å². The minimum absolute atomic E-state index is 0.0507. The van der Waals surface area contributed by atoms with Crippen LogP contribution in [-0.4, -0.2) is 43.4 Å². The highest BCUT2D eigenvalue weighted by molar-refractivity contribution is 5.76. The van der Waals surface area contributed by atoms with Gasteiger partial charge in [-0.05, 0) is 20.3 Å². The average molecular weight is 267 g/mol. The Morgan fingerprint density at radius 3 is 3.00 bits per heavy atom. The van der Waals surface area contributed by atoms with E-state index in [9.17, 15) is 4.79 Å². The molecule has 0 bridgehead atoms. The van der Waals surface area contributed by atoms with Gasteiger partial charge in [0, 0.05) is 31.1 Å². The van der Waals surface area contributed by atoms with Crippen LogP contribution in [0.15, 0.2) is 4.52 Å². The lowest BCUT2D eigenvalue weighted by molar-refractivity contribution is -0.122. The zero-order valence-electron chi connectivity index (χ0n) is 11.5. The summed E-state index contributed by atoms with van der Waals surface area (Å²) < 4.78 is 10.4. The van der Waals surface area contributed by atoms with E-state index in [1.54, 1.807) is 0 Å². The lowest BCUT2D eigenvalue weighted by Crippen LogP contribution is -2.44. The molecule has 2 rings (SSSR count). The largest absolute Gasteiger partial charge is 0.378 e. The summed E-state index contributed by atoms with van der Waals surface area (Å²) in [5.74, 6) is 0.879. The molecular weight excluding hydrogens is 246 g/mol. The minimum Gasteiger partial charge on any atom is -0.378 e. The van der Waals surface area contributed by atoms with Crippen molar-refractivity contribution in [2.75, 3.05) is 26.3 Å². The topological polar surface area (TPSA) is 76.4 Å². The maximum absolute atomic E-state index is 11.8. The Morgan fingerprint density at radius 2 is 2.37 bits per heavy atom. The summed E-state index contributed by atoms with van der Waals surface area (Å²) in [4.78, 5) is 11.8. The Kier molecular flexibility index (Phi) is 4.93. The van der Waals surface area contributed by atoms with Crippen molar-refractivity contribution in [3.8, 4) is 0 Å². The highest BCUT2D eigenvalue weighted by Crippen LogP contribution is 2.12. The van der Waals surface area contributed by atoms with Crippen LogP contribution in [0.1, 0.15) is 23.4 Å². The minimum atomic E-state index is 0.0507. The number of aromatic nitrogens is 1. The zero-order chi connectivity index (χ0) is 13.7. The number of hydrogen-bond acceptors (Lipinski definition) is 5. The van der Waals surface area contributed by atoms with Crippen LogP contribution in [0.4, 0.5) is 0 Å². The summed E-state index contributed by atoms with van der Waals surface area (Å²) in [5, 5.41) is 10.1. The molecule has 1 fully saturated rings. The van der Waals surface area contributed by atoms with E-state index >= 15 is 0 Å². The highest BCUT2D eigenvalue weighted by atomic mass is 16.5. The third kappa shape index (κ3) is 4.04. The van der Waals surface area contributed by atoms with E-state index in [-0.39, 0.29) is 11.9 Å². The van der Waals surface area contributed by atoms with Gasteiger partial charge in [0.05, 0.1) is 18.9 Å². The molecule has 19 heavy (non-hydrogen) atoms. The number of nitrogens with one attached hydrogen (secondary N) is 2. The van der Waals surface area contributed by atoms with Crippen molar-refractivity contribution in [3.63, 3.8) is 0 Å². The Hall–Kier alpha value is -1.40. The third-order valence-corrected chi connectivity index (χ3v) is 3.31. The van der Waals surface area contributed by atoms with Crippen LogP contribution in [-0.2, 0) is 16.0 Å². The lowest BCUT2D eigenvalue weighted by Gasteiger charge is -2.23. The van der Waals surface area contributed by atoms with Gasteiger partial charge in [0.25, 0.3) is 0 Å². The Bertz CT molecular complexity index is 405. The van der Waals surface area contributed by atoms with E-state index in [0.717, 1.165) is 36.6 Å². The van der Waals surface area contributed by atoms with Gasteiger partial charge in [0.15, 0.2) is 0 Å². The molecule has 0 saturated carbocycles. The number of hydrogen-bond donors (Lipinski definition) is 2. The molecule has 1 aromatic rings. The molecule has 1 aromatic heterocycles. The molecule has 1 aliphatic rings. The van der Waals surface area contributed by atoms with Crippen LogP contribution in [0.5, 0.6) is 0 Å². The lowest BCUT2D eigenvalue weighted by atomic mass is 10.1.